The predicted octanol–water partition coefficient (Wildman–Crippen LogP) is 4.38. The molecule has 2 aliphatic rings. The van der Waals surface area contributed by atoms with Gasteiger partial charge in [0.15, 0.2) is 0 Å². The van der Waals surface area contributed by atoms with Crippen molar-refractivity contribution in [2.45, 2.75) is 25.3 Å². The first kappa shape index (κ1) is 16.1. The van der Waals surface area contributed by atoms with Gasteiger partial charge < -0.3 is 4.90 Å². The molecule has 3 heterocycles. The SMILES string of the molecule is O=C(c1cc(-c2ccccc2)sc1Cl)N1CCN2CCCCC2C1. The number of hydrogen-bond donors (Lipinski definition) is 0. The number of hydrogen-bond acceptors (Lipinski definition) is 3. The Balaban J connectivity index is 1.53. The highest BCUT2D eigenvalue weighted by atomic mass is 35.5. The zero-order valence-corrected chi connectivity index (χ0v) is 15.2. The summed E-state index contributed by atoms with van der Waals surface area (Å²) in [6, 6.07) is 12.6. The van der Waals surface area contributed by atoms with E-state index < -0.39 is 0 Å². The van der Waals surface area contributed by atoms with Crippen molar-refractivity contribution in [1.29, 1.82) is 0 Å². The molecule has 0 saturated carbocycles. The lowest BCUT2D eigenvalue weighted by Gasteiger charge is -2.44. The number of piperidine rings is 1. The van der Waals surface area contributed by atoms with Crippen molar-refractivity contribution < 1.29 is 4.79 Å². The van der Waals surface area contributed by atoms with Crippen LogP contribution in [-0.2, 0) is 0 Å². The Morgan fingerprint density at radius 2 is 1.96 bits per heavy atom. The van der Waals surface area contributed by atoms with Crippen LogP contribution >= 0.6 is 22.9 Å². The molecule has 1 amide bonds. The third-order valence-corrected chi connectivity index (χ3v) is 6.51. The number of nitrogens with zero attached hydrogens (tertiary/aromatic N) is 2. The maximum Gasteiger partial charge on any atom is 0.256 e. The Labute approximate surface area is 151 Å². The molecular formula is C19H21ClN2OS. The van der Waals surface area contributed by atoms with E-state index in [1.54, 1.807) is 0 Å². The van der Waals surface area contributed by atoms with E-state index in [1.165, 1.54) is 37.1 Å². The summed E-state index contributed by atoms with van der Waals surface area (Å²) in [5.41, 5.74) is 1.77. The molecule has 2 aromatic rings. The predicted molar refractivity (Wildman–Crippen MR) is 99.9 cm³/mol. The van der Waals surface area contributed by atoms with Crippen molar-refractivity contribution in [3.8, 4) is 10.4 Å². The van der Waals surface area contributed by atoms with E-state index in [0.717, 1.165) is 30.1 Å². The van der Waals surface area contributed by atoms with Crippen LogP contribution in [0.4, 0.5) is 0 Å². The van der Waals surface area contributed by atoms with E-state index in [2.05, 4.69) is 17.0 Å². The van der Waals surface area contributed by atoms with Crippen LogP contribution in [0.15, 0.2) is 36.4 Å². The fourth-order valence-electron chi connectivity index (χ4n) is 3.77. The van der Waals surface area contributed by atoms with Crippen molar-refractivity contribution >= 4 is 28.8 Å². The van der Waals surface area contributed by atoms with Gasteiger partial charge >= 0.3 is 0 Å². The third kappa shape index (κ3) is 3.10. The van der Waals surface area contributed by atoms with Gasteiger partial charge in [0.1, 0.15) is 4.34 Å². The highest BCUT2D eigenvalue weighted by Crippen LogP contribution is 2.36. The molecule has 0 radical (unpaired) electrons. The molecule has 0 spiro atoms. The molecule has 4 rings (SSSR count). The Morgan fingerprint density at radius 3 is 2.79 bits per heavy atom. The summed E-state index contributed by atoms with van der Waals surface area (Å²) < 4.78 is 0.602. The zero-order valence-electron chi connectivity index (χ0n) is 13.6. The average Bonchev–Trinajstić information content (AvgIpc) is 3.03. The normalized spacial score (nSPS) is 21.5. The minimum absolute atomic E-state index is 0.0867. The number of benzene rings is 1. The standard InChI is InChI=1S/C19H21ClN2OS/c20-18-16(12-17(24-18)14-6-2-1-3-7-14)19(23)22-11-10-21-9-5-4-8-15(21)13-22/h1-3,6-7,12,15H,4-5,8-11,13H2. The molecule has 0 N–H and O–H groups in total. The van der Waals surface area contributed by atoms with E-state index in [4.69, 9.17) is 11.6 Å². The van der Waals surface area contributed by atoms with Crippen molar-refractivity contribution in [2.75, 3.05) is 26.2 Å². The van der Waals surface area contributed by atoms with Crippen molar-refractivity contribution in [3.63, 3.8) is 0 Å². The minimum atomic E-state index is 0.0867. The van der Waals surface area contributed by atoms with Crippen LogP contribution in [0, 0.1) is 0 Å². The first-order chi connectivity index (χ1) is 11.7. The quantitative estimate of drug-likeness (QED) is 0.793. The maximum absolute atomic E-state index is 13.0. The number of piperazine rings is 1. The fraction of sp³-hybridized carbons (Fsp3) is 0.421. The van der Waals surface area contributed by atoms with Gasteiger partial charge in [0.2, 0.25) is 0 Å². The minimum Gasteiger partial charge on any atom is -0.336 e. The molecular weight excluding hydrogens is 340 g/mol. The Kier molecular flexibility index (Phi) is 4.61. The average molecular weight is 361 g/mol. The van der Waals surface area contributed by atoms with E-state index >= 15 is 0 Å². The van der Waals surface area contributed by atoms with Gasteiger partial charge in [-0.2, -0.15) is 0 Å². The largest absolute Gasteiger partial charge is 0.336 e. The Hall–Kier alpha value is -1.36. The fourth-order valence-corrected chi connectivity index (χ4v) is 5.03. The van der Waals surface area contributed by atoms with Gasteiger partial charge in [-0.25, -0.2) is 0 Å². The molecule has 0 aliphatic carbocycles. The van der Waals surface area contributed by atoms with E-state index in [-0.39, 0.29) is 5.91 Å². The second-order valence-corrected chi connectivity index (χ2v) is 8.26. The third-order valence-electron chi connectivity index (χ3n) is 5.10. The number of amides is 1. The number of fused-ring (bicyclic) bond motifs is 1. The van der Waals surface area contributed by atoms with E-state index in [9.17, 15) is 4.79 Å². The molecule has 24 heavy (non-hydrogen) atoms. The van der Waals surface area contributed by atoms with E-state index in [0.29, 0.717) is 15.9 Å². The topological polar surface area (TPSA) is 23.6 Å². The number of carbonyl (C=O) groups excluding carboxylic acids is 1. The molecule has 1 atom stereocenters. The van der Waals surface area contributed by atoms with Crippen LogP contribution in [0.1, 0.15) is 29.6 Å². The van der Waals surface area contributed by atoms with Crippen LogP contribution in [0.3, 0.4) is 0 Å². The van der Waals surface area contributed by atoms with Gasteiger partial charge in [-0.1, -0.05) is 48.4 Å². The van der Waals surface area contributed by atoms with Crippen molar-refractivity contribution in [1.82, 2.24) is 9.80 Å². The van der Waals surface area contributed by atoms with Crippen LogP contribution in [0.2, 0.25) is 4.34 Å². The number of thiophene rings is 1. The lowest BCUT2D eigenvalue weighted by Crippen LogP contribution is -2.56. The van der Waals surface area contributed by atoms with Gasteiger partial charge in [-0.15, -0.1) is 11.3 Å². The molecule has 5 heteroatoms. The number of carbonyl (C=O) groups is 1. The highest BCUT2D eigenvalue weighted by molar-refractivity contribution is 7.19. The molecule has 0 bridgehead atoms. The molecule has 2 saturated heterocycles. The van der Waals surface area contributed by atoms with Gasteiger partial charge in [0.25, 0.3) is 5.91 Å². The summed E-state index contributed by atoms with van der Waals surface area (Å²) in [6.07, 6.45) is 3.78. The zero-order chi connectivity index (χ0) is 16.5. The van der Waals surface area contributed by atoms with Crippen molar-refractivity contribution in [2.24, 2.45) is 0 Å². The molecule has 1 aromatic heterocycles. The lowest BCUT2D eigenvalue weighted by molar-refractivity contribution is 0.0373. The number of halogens is 1. The summed E-state index contributed by atoms with van der Waals surface area (Å²) in [4.78, 5) is 18.6. The monoisotopic (exact) mass is 360 g/mol. The van der Waals surface area contributed by atoms with Gasteiger partial charge in [-0.05, 0) is 31.0 Å². The Morgan fingerprint density at radius 1 is 1.12 bits per heavy atom. The van der Waals surface area contributed by atoms with Gasteiger partial charge in [0, 0.05) is 30.6 Å². The summed E-state index contributed by atoms with van der Waals surface area (Å²) in [5, 5.41) is 0. The highest BCUT2D eigenvalue weighted by Gasteiger charge is 2.32. The smallest absolute Gasteiger partial charge is 0.256 e. The molecule has 3 nitrogen and oxygen atoms in total. The summed E-state index contributed by atoms with van der Waals surface area (Å²) in [7, 11) is 0. The first-order valence-corrected chi connectivity index (χ1v) is 9.80. The second kappa shape index (κ2) is 6.87. The summed E-state index contributed by atoms with van der Waals surface area (Å²) in [5.74, 6) is 0.0867. The molecule has 2 aliphatic heterocycles. The molecule has 1 unspecified atom stereocenters. The Bertz CT molecular complexity index is 730. The second-order valence-electron chi connectivity index (χ2n) is 6.60. The lowest BCUT2D eigenvalue weighted by atomic mass is 9.99. The number of rotatable bonds is 2. The van der Waals surface area contributed by atoms with Crippen LogP contribution < -0.4 is 0 Å². The van der Waals surface area contributed by atoms with E-state index in [1.807, 2.05) is 29.2 Å². The van der Waals surface area contributed by atoms with Crippen molar-refractivity contribution in [3.05, 3.63) is 46.3 Å². The van der Waals surface area contributed by atoms with Crippen LogP contribution in [0.25, 0.3) is 10.4 Å². The summed E-state index contributed by atoms with van der Waals surface area (Å²) in [6.45, 7) is 3.82. The van der Waals surface area contributed by atoms with Gasteiger partial charge in [0.05, 0.1) is 5.56 Å². The molecule has 1 aromatic carbocycles. The summed E-state index contributed by atoms with van der Waals surface area (Å²) >= 11 is 7.90. The maximum atomic E-state index is 13.0. The first-order valence-electron chi connectivity index (χ1n) is 8.60. The van der Waals surface area contributed by atoms with Gasteiger partial charge in [-0.3, -0.25) is 9.69 Å². The molecule has 126 valence electrons. The molecule has 2 fully saturated rings. The van der Waals surface area contributed by atoms with Crippen LogP contribution in [0.5, 0.6) is 0 Å². The van der Waals surface area contributed by atoms with Crippen LogP contribution in [-0.4, -0.2) is 47.9 Å².